The fourth-order valence-corrected chi connectivity index (χ4v) is 3.43. The van der Waals surface area contributed by atoms with Crippen molar-refractivity contribution >= 4 is 21.6 Å². The summed E-state index contributed by atoms with van der Waals surface area (Å²) in [4.78, 5) is 12.5. The highest BCUT2D eigenvalue weighted by Crippen LogP contribution is 2.28. The number of rotatable bonds is 3. The summed E-state index contributed by atoms with van der Waals surface area (Å²) in [6, 6.07) is 12.5. The molecule has 0 fully saturated rings. The minimum atomic E-state index is -3.79. The van der Waals surface area contributed by atoms with Gasteiger partial charge in [0.1, 0.15) is 0 Å². The second-order valence-electron chi connectivity index (χ2n) is 5.88. The van der Waals surface area contributed by atoms with Crippen molar-refractivity contribution < 1.29 is 13.2 Å². The lowest BCUT2D eigenvalue weighted by atomic mass is 10.1. The van der Waals surface area contributed by atoms with E-state index >= 15 is 0 Å². The maximum Gasteiger partial charge on any atom is 0.238 e. The summed E-state index contributed by atoms with van der Waals surface area (Å²) in [6.07, 6.45) is 1.41. The Morgan fingerprint density at radius 2 is 1.74 bits per heavy atom. The van der Waals surface area contributed by atoms with Crippen LogP contribution in [0.1, 0.15) is 16.7 Å². The van der Waals surface area contributed by atoms with Gasteiger partial charge in [-0.3, -0.25) is 4.79 Å². The SMILES string of the molecule is Cc1ccc(S(N)(=O)=O)cc1NC(=O)C1Cc2ccccc2C1. The minimum Gasteiger partial charge on any atom is -0.326 e. The van der Waals surface area contributed by atoms with Crippen molar-refractivity contribution in [3.8, 4) is 0 Å². The van der Waals surface area contributed by atoms with Gasteiger partial charge in [0.05, 0.1) is 4.90 Å². The normalized spacial score (nSPS) is 14.5. The molecule has 0 aliphatic heterocycles. The zero-order chi connectivity index (χ0) is 16.6. The third kappa shape index (κ3) is 3.28. The smallest absolute Gasteiger partial charge is 0.238 e. The molecule has 0 aromatic heterocycles. The van der Waals surface area contributed by atoms with Crippen molar-refractivity contribution in [2.24, 2.45) is 11.1 Å². The van der Waals surface area contributed by atoms with Crippen LogP contribution in [0.4, 0.5) is 5.69 Å². The molecule has 5 nitrogen and oxygen atoms in total. The van der Waals surface area contributed by atoms with Gasteiger partial charge in [-0.2, -0.15) is 0 Å². The first-order valence-corrected chi connectivity index (χ1v) is 8.90. The zero-order valence-electron chi connectivity index (χ0n) is 12.7. The molecule has 2 aromatic carbocycles. The van der Waals surface area contributed by atoms with E-state index in [2.05, 4.69) is 5.32 Å². The average molecular weight is 330 g/mol. The van der Waals surface area contributed by atoms with Crippen LogP contribution in [0.3, 0.4) is 0 Å². The number of sulfonamides is 1. The molecule has 3 N–H and O–H groups in total. The van der Waals surface area contributed by atoms with Crippen molar-refractivity contribution in [2.45, 2.75) is 24.7 Å². The first-order valence-electron chi connectivity index (χ1n) is 7.35. The lowest BCUT2D eigenvalue weighted by Crippen LogP contribution is -2.24. The quantitative estimate of drug-likeness (QED) is 0.902. The molecule has 0 saturated carbocycles. The van der Waals surface area contributed by atoms with Crippen LogP contribution in [-0.2, 0) is 27.7 Å². The molecular weight excluding hydrogens is 312 g/mol. The number of fused-ring (bicyclic) bond motifs is 1. The second-order valence-corrected chi connectivity index (χ2v) is 7.45. The van der Waals surface area contributed by atoms with Crippen molar-refractivity contribution in [3.63, 3.8) is 0 Å². The highest BCUT2D eigenvalue weighted by Gasteiger charge is 2.27. The Morgan fingerprint density at radius 3 is 2.30 bits per heavy atom. The number of nitrogens with one attached hydrogen (secondary N) is 1. The van der Waals surface area contributed by atoms with Gasteiger partial charge in [-0.05, 0) is 48.6 Å². The number of carbonyl (C=O) groups excluding carboxylic acids is 1. The molecule has 0 atom stereocenters. The molecule has 0 spiro atoms. The topological polar surface area (TPSA) is 89.3 Å². The molecule has 0 bridgehead atoms. The predicted octanol–water partition coefficient (Wildman–Crippen LogP) is 2.00. The summed E-state index contributed by atoms with van der Waals surface area (Å²) in [5.41, 5.74) is 3.67. The third-order valence-corrected chi connectivity index (χ3v) is 5.13. The van der Waals surface area contributed by atoms with E-state index in [1.54, 1.807) is 6.07 Å². The number of amides is 1. The fraction of sp³-hybridized carbons (Fsp3) is 0.235. The van der Waals surface area contributed by atoms with Gasteiger partial charge in [0.25, 0.3) is 0 Å². The van der Waals surface area contributed by atoms with Crippen LogP contribution in [-0.4, -0.2) is 14.3 Å². The molecule has 3 rings (SSSR count). The predicted molar refractivity (Wildman–Crippen MR) is 88.5 cm³/mol. The molecule has 1 aliphatic carbocycles. The van der Waals surface area contributed by atoms with E-state index in [0.29, 0.717) is 18.5 Å². The first kappa shape index (κ1) is 15.7. The molecular formula is C17H18N2O3S. The maximum absolute atomic E-state index is 12.5. The number of hydrogen-bond acceptors (Lipinski definition) is 3. The van der Waals surface area contributed by atoms with Crippen molar-refractivity contribution in [3.05, 3.63) is 59.2 Å². The summed E-state index contributed by atoms with van der Waals surface area (Å²) < 4.78 is 22.9. The van der Waals surface area contributed by atoms with Gasteiger partial charge >= 0.3 is 0 Å². The van der Waals surface area contributed by atoms with Crippen LogP contribution in [0, 0.1) is 12.8 Å². The van der Waals surface area contributed by atoms with Gasteiger partial charge in [0.2, 0.25) is 15.9 Å². The van der Waals surface area contributed by atoms with Gasteiger partial charge < -0.3 is 5.32 Å². The number of primary sulfonamides is 1. The maximum atomic E-state index is 12.5. The van der Waals surface area contributed by atoms with Gasteiger partial charge in [-0.25, -0.2) is 13.6 Å². The highest BCUT2D eigenvalue weighted by atomic mass is 32.2. The lowest BCUT2D eigenvalue weighted by Gasteiger charge is -2.13. The first-order chi connectivity index (χ1) is 10.8. The average Bonchev–Trinajstić information content (AvgIpc) is 2.92. The van der Waals surface area contributed by atoms with Crippen molar-refractivity contribution in [1.82, 2.24) is 0 Å². The molecule has 0 unspecified atom stereocenters. The minimum absolute atomic E-state index is 0.00638. The second kappa shape index (κ2) is 5.79. The molecule has 23 heavy (non-hydrogen) atoms. The number of benzene rings is 2. The summed E-state index contributed by atoms with van der Waals surface area (Å²) in [5.74, 6) is -0.235. The van der Waals surface area contributed by atoms with E-state index in [-0.39, 0.29) is 16.7 Å². The van der Waals surface area contributed by atoms with E-state index in [1.807, 2.05) is 31.2 Å². The monoisotopic (exact) mass is 330 g/mol. The Bertz CT molecular complexity index is 850. The summed E-state index contributed by atoms with van der Waals surface area (Å²) in [6.45, 7) is 1.81. The summed E-state index contributed by atoms with van der Waals surface area (Å²) in [7, 11) is -3.79. The van der Waals surface area contributed by atoms with Gasteiger partial charge in [-0.15, -0.1) is 0 Å². The van der Waals surface area contributed by atoms with Crippen LogP contribution in [0.15, 0.2) is 47.4 Å². The van der Waals surface area contributed by atoms with Crippen LogP contribution >= 0.6 is 0 Å². The summed E-state index contributed by atoms with van der Waals surface area (Å²) >= 11 is 0. The molecule has 6 heteroatoms. The Morgan fingerprint density at radius 1 is 1.13 bits per heavy atom. The Balaban J connectivity index is 1.79. The van der Waals surface area contributed by atoms with Crippen LogP contribution in [0.25, 0.3) is 0 Å². The Kier molecular flexibility index (Phi) is 3.95. The molecule has 2 aromatic rings. The van der Waals surface area contributed by atoms with Crippen LogP contribution in [0.2, 0.25) is 0 Å². The number of aryl methyl sites for hydroxylation is 1. The van der Waals surface area contributed by atoms with Gasteiger partial charge in [-0.1, -0.05) is 30.3 Å². The van der Waals surface area contributed by atoms with E-state index in [9.17, 15) is 13.2 Å². The molecule has 120 valence electrons. The molecule has 1 amide bonds. The molecule has 0 saturated heterocycles. The Labute approximate surface area is 135 Å². The zero-order valence-corrected chi connectivity index (χ0v) is 13.6. The van der Waals surface area contributed by atoms with E-state index in [1.165, 1.54) is 23.3 Å². The fourth-order valence-electron chi connectivity index (χ4n) is 2.89. The van der Waals surface area contributed by atoms with Crippen LogP contribution in [0.5, 0.6) is 0 Å². The van der Waals surface area contributed by atoms with E-state index < -0.39 is 10.0 Å². The van der Waals surface area contributed by atoms with Gasteiger partial charge in [0, 0.05) is 11.6 Å². The standard InChI is InChI=1S/C17H18N2O3S/c1-11-6-7-15(23(18,21)22)10-16(11)19-17(20)14-8-12-4-2-3-5-13(12)9-14/h2-7,10,14H,8-9H2,1H3,(H,19,20)(H2,18,21,22). The van der Waals surface area contributed by atoms with E-state index in [4.69, 9.17) is 5.14 Å². The molecule has 0 radical (unpaired) electrons. The number of hydrogen-bond donors (Lipinski definition) is 2. The van der Waals surface area contributed by atoms with E-state index in [0.717, 1.165) is 5.56 Å². The number of carbonyl (C=O) groups is 1. The molecule has 0 heterocycles. The lowest BCUT2D eigenvalue weighted by molar-refractivity contribution is -0.119. The van der Waals surface area contributed by atoms with Crippen molar-refractivity contribution in [2.75, 3.05) is 5.32 Å². The largest absolute Gasteiger partial charge is 0.326 e. The number of anilines is 1. The molecule has 1 aliphatic rings. The van der Waals surface area contributed by atoms with Gasteiger partial charge in [0.15, 0.2) is 0 Å². The highest BCUT2D eigenvalue weighted by molar-refractivity contribution is 7.89. The third-order valence-electron chi connectivity index (χ3n) is 4.22. The van der Waals surface area contributed by atoms with Crippen LogP contribution < -0.4 is 10.5 Å². The number of nitrogens with two attached hydrogens (primary N) is 1. The Hall–Kier alpha value is -2.18. The summed E-state index contributed by atoms with van der Waals surface area (Å²) in [5, 5.41) is 7.99. The van der Waals surface area contributed by atoms with Crippen molar-refractivity contribution in [1.29, 1.82) is 0 Å².